The Labute approximate surface area is 465 Å². The van der Waals surface area contributed by atoms with Crippen LogP contribution in [0.2, 0.25) is 0 Å². The molecule has 5 aromatic rings. The molecule has 20 nitrogen and oxygen atoms in total. The molecule has 0 radical (unpaired) electrons. The van der Waals surface area contributed by atoms with E-state index in [9.17, 15) is 42.6 Å². The highest BCUT2D eigenvalue weighted by Gasteiger charge is 2.43. The van der Waals surface area contributed by atoms with E-state index in [2.05, 4.69) is 51.6 Å². The molecule has 2 aromatic carbocycles. The Morgan fingerprint density at radius 2 is 1.28 bits per heavy atom. The van der Waals surface area contributed by atoms with Gasteiger partial charge in [-0.3, -0.25) is 24.8 Å². The van der Waals surface area contributed by atoms with E-state index in [1.807, 2.05) is 34.6 Å². The molecule has 0 fully saturated rings. The van der Waals surface area contributed by atoms with E-state index in [1.165, 1.54) is 61.5 Å². The summed E-state index contributed by atoms with van der Waals surface area (Å²) in [5, 5.41) is 45.1. The van der Waals surface area contributed by atoms with Crippen LogP contribution in [0.25, 0.3) is 11.3 Å². The Kier molecular flexibility index (Phi) is 20.4. The highest BCUT2D eigenvalue weighted by molar-refractivity contribution is 5.94. The third-order valence-corrected chi connectivity index (χ3v) is 14.1. The van der Waals surface area contributed by atoms with Crippen molar-refractivity contribution in [3.63, 3.8) is 0 Å². The number of anilines is 2. The zero-order valence-electron chi connectivity index (χ0n) is 46.4. The van der Waals surface area contributed by atoms with Crippen LogP contribution in [0, 0.1) is 10.8 Å². The molecule has 0 bridgehead atoms. The number of aromatic nitrogens is 6. The van der Waals surface area contributed by atoms with E-state index >= 15 is 13.2 Å². The number of nitrogens with one attached hydrogen (secondary N) is 6. The Bertz CT molecular complexity index is 2890. The van der Waals surface area contributed by atoms with Crippen molar-refractivity contribution in [1.82, 2.24) is 45.5 Å². The highest BCUT2D eigenvalue weighted by atomic mass is 19.4. The van der Waals surface area contributed by atoms with Gasteiger partial charge in [0.25, 0.3) is 11.8 Å². The lowest BCUT2D eigenvalue weighted by atomic mass is 9.78. The average Bonchev–Trinajstić information content (AvgIpc) is 4.31. The van der Waals surface area contributed by atoms with Crippen LogP contribution in [0.3, 0.4) is 0 Å². The minimum Gasteiger partial charge on any atom is -0.444 e. The third-order valence-electron chi connectivity index (χ3n) is 14.1. The van der Waals surface area contributed by atoms with Gasteiger partial charge < -0.3 is 50.4 Å². The minimum absolute atomic E-state index is 0.0387. The summed E-state index contributed by atoms with van der Waals surface area (Å²) in [6.07, 6.45) is -7.23. The first-order chi connectivity index (χ1) is 38.0. The number of carbonyl (C=O) groups excluding carboxylic acids is 4. The molecule has 1 aliphatic rings. The number of hydrogen-bond donors (Lipinski definition) is 8. The molecule has 0 saturated heterocycles. The zero-order valence-corrected chi connectivity index (χ0v) is 46.4. The molecule has 6 rings (SSSR count). The fourth-order valence-corrected chi connectivity index (χ4v) is 9.23. The summed E-state index contributed by atoms with van der Waals surface area (Å²) in [5.74, 6) is -1.19. The lowest BCUT2D eigenvalue weighted by molar-refractivity contribution is -0.139. The fourth-order valence-electron chi connectivity index (χ4n) is 9.23. The maximum Gasteiger partial charge on any atom is 0.416 e. The van der Waals surface area contributed by atoms with Gasteiger partial charge in [-0.15, -0.1) is 0 Å². The van der Waals surface area contributed by atoms with Crippen molar-refractivity contribution in [2.45, 2.75) is 161 Å². The van der Waals surface area contributed by atoms with Gasteiger partial charge >= 0.3 is 24.5 Å². The van der Waals surface area contributed by atoms with Gasteiger partial charge in [-0.05, 0) is 61.6 Å². The van der Waals surface area contributed by atoms with Gasteiger partial charge in [-0.1, -0.05) is 92.3 Å². The normalized spacial score (nSPS) is 17.2. The number of alkyl carbamates (subject to hydrolysis) is 2. The van der Waals surface area contributed by atoms with Gasteiger partial charge in [-0.2, -0.15) is 36.5 Å². The number of aromatic amines is 2. The summed E-state index contributed by atoms with van der Waals surface area (Å²) < 4.78 is 99.3. The molecule has 0 saturated carbocycles. The van der Waals surface area contributed by atoms with Crippen molar-refractivity contribution in [2.24, 2.45) is 15.8 Å². The number of aliphatic hydroxyl groups is 2. The van der Waals surface area contributed by atoms with Crippen LogP contribution in [-0.2, 0) is 49.9 Å². The lowest BCUT2D eigenvalue weighted by Crippen LogP contribution is -2.52. The van der Waals surface area contributed by atoms with Crippen molar-refractivity contribution >= 4 is 42.0 Å². The van der Waals surface area contributed by atoms with E-state index in [4.69, 9.17) is 9.47 Å². The van der Waals surface area contributed by atoms with Crippen molar-refractivity contribution in [3.8, 4) is 11.3 Å². The first-order valence-electron chi connectivity index (χ1n) is 26.6. The molecule has 8 N–H and O–H groups in total. The van der Waals surface area contributed by atoms with Crippen molar-refractivity contribution in [1.29, 1.82) is 0 Å². The van der Waals surface area contributed by atoms with Crippen LogP contribution >= 0.6 is 0 Å². The standard InChI is InChI=1S/C55H72F6N12O8/c1-9-11-13-38(45(74)47(76)68-43-21-23-64-70-43)66-49(78)80-41(51(3,4)5)28-72-27-40(62-31-72)33-15-20-37(55(59,60)61)34(25-33)26-52(6,7)42(29-73-30-53(8,63-32-73)35-16-18-36(19-17-35)54(56,57)58)81-50(79)67-39(14-12-10-2)46(75)48(77)69-44-22-24-65-71-44/h15-25,27,31-32,38-39,41-42,45-46,74-75H,9-14,26,28-30H2,1-8H3,(H,66,78)(H,67,79)(H2,64,68,70,76)(H2,65,69,71,77)/t38-,39-,41+,42+,45-,46+,53?/m0/s1. The quantitative estimate of drug-likeness (QED) is 0.0254. The monoisotopic (exact) mass is 1140 g/mol. The second-order valence-electron chi connectivity index (χ2n) is 22.3. The number of alkyl halides is 6. The van der Waals surface area contributed by atoms with Crippen LogP contribution in [0.1, 0.15) is 116 Å². The molecular formula is C55H72F6N12O8. The average molecular weight is 1140 g/mol. The molecule has 442 valence electrons. The van der Waals surface area contributed by atoms with Crippen molar-refractivity contribution in [2.75, 3.05) is 23.7 Å². The molecular weight excluding hydrogens is 1070 g/mol. The molecule has 26 heteroatoms. The summed E-state index contributed by atoms with van der Waals surface area (Å²) in [4.78, 5) is 64.4. The highest BCUT2D eigenvalue weighted by Crippen LogP contribution is 2.40. The Morgan fingerprint density at radius 3 is 1.77 bits per heavy atom. The second kappa shape index (κ2) is 26.4. The van der Waals surface area contributed by atoms with Crippen LogP contribution in [0.5, 0.6) is 0 Å². The second-order valence-corrected chi connectivity index (χ2v) is 22.3. The first kappa shape index (κ1) is 62.7. The van der Waals surface area contributed by atoms with E-state index in [1.54, 1.807) is 36.4 Å². The summed E-state index contributed by atoms with van der Waals surface area (Å²) in [7, 11) is 0. The van der Waals surface area contributed by atoms with Gasteiger partial charge in [0.15, 0.2) is 12.2 Å². The number of aliphatic imine (C=N–C) groups is 1. The van der Waals surface area contributed by atoms with Gasteiger partial charge in [0.05, 0.1) is 67.1 Å². The van der Waals surface area contributed by atoms with Crippen molar-refractivity contribution in [3.05, 3.63) is 102 Å². The number of amides is 4. The molecule has 1 unspecified atom stereocenters. The maximum atomic E-state index is 15.1. The topological polar surface area (TPSA) is 266 Å². The predicted octanol–water partition coefficient (Wildman–Crippen LogP) is 9.21. The largest absolute Gasteiger partial charge is 0.444 e. The van der Waals surface area contributed by atoms with E-state index in [-0.39, 0.29) is 67.4 Å². The number of halogens is 6. The number of hydrogen-bond acceptors (Lipinski definition) is 13. The predicted molar refractivity (Wildman–Crippen MR) is 288 cm³/mol. The minimum atomic E-state index is -4.85. The van der Waals surface area contributed by atoms with E-state index in [0.29, 0.717) is 31.2 Å². The van der Waals surface area contributed by atoms with Gasteiger partial charge in [0.1, 0.15) is 29.4 Å². The summed E-state index contributed by atoms with van der Waals surface area (Å²) in [6.45, 7) is 14.2. The van der Waals surface area contributed by atoms with Crippen LogP contribution in [-0.4, -0.2) is 125 Å². The summed E-state index contributed by atoms with van der Waals surface area (Å²) in [5.41, 5.74) is -4.12. The van der Waals surface area contributed by atoms with Crippen molar-refractivity contribution < 1.29 is 65.2 Å². The zero-order chi connectivity index (χ0) is 59.5. The number of ether oxygens (including phenoxy) is 2. The van der Waals surface area contributed by atoms with Gasteiger partial charge in [0.2, 0.25) is 0 Å². The Morgan fingerprint density at radius 1 is 0.741 bits per heavy atom. The molecule has 3 aromatic heterocycles. The number of aliphatic hydroxyl groups excluding tert-OH is 2. The number of imidazole rings is 1. The molecule has 7 atom stereocenters. The van der Waals surface area contributed by atoms with Crippen LogP contribution in [0.4, 0.5) is 47.6 Å². The van der Waals surface area contributed by atoms with E-state index in [0.717, 1.165) is 18.2 Å². The molecule has 81 heavy (non-hydrogen) atoms. The van der Waals surface area contributed by atoms with Crippen LogP contribution < -0.4 is 21.3 Å². The number of rotatable bonds is 25. The number of nitrogens with zero attached hydrogens (tertiary/aromatic N) is 6. The SMILES string of the molecule is CCCC[C@H](NC(=O)O[C@H](Cn1cnc(-c2ccc(C(F)(F)F)c(CC(C)(C)[C@@H](CN3C=NC(C)(c4ccc(C(F)(F)F)cc4)C3)OC(=O)N[C@@H](CCCC)[C@@H](O)C(=O)Nc3ccn[nH]3)c2)c1)C(C)(C)C)[C@H](O)C(=O)Nc1ccn[nH]1. The Hall–Kier alpha value is -7.48. The molecule has 0 aliphatic carbocycles. The smallest absolute Gasteiger partial charge is 0.416 e. The fraction of sp³-hybridized carbons (Fsp3) is 0.527. The van der Waals surface area contributed by atoms with Crippen LogP contribution in [0.15, 0.2) is 84.5 Å². The number of H-pyrrole nitrogens is 2. The number of unbranched alkanes of at least 4 members (excludes halogenated alkanes) is 2. The van der Waals surface area contributed by atoms with Gasteiger partial charge in [0, 0.05) is 41.3 Å². The number of benzene rings is 2. The van der Waals surface area contributed by atoms with E-state index < -0.39 is 100 Å². The molecule has 0 spiro atoms. The molecule has 4 amide bonds. The maximum absolute atomic E-state index is 15.1. The Balaban J connectivity index is 1.25. The molecule has 1 aliphatic heterocycles. The molecule has 4 heterocycles. The first-order valence-corrected chi connectivity index (χ1v) is 26.6. The number of carbonyl (C=O) groups is 4. The summed E-state index contributed by atoms with van der Waals surface area (Å²) in [6, 6.07) is 8.84. The van der Waals surface area contributed by atoms with Gasteiger partial charge in [-0.25, -0.2) is 14.6 Å². The third kappa shape index (κ3) is 17.3. The summed E-state index contributed by atoms with van der Waals surface area (Å²) >= 11 is 0. The lowest BCUT2D eigenvalue weighted by Gasteiger charge is -2.37.